The van der Waals surface area contributed by atoms with Crippen molar-refractivity contribution in [3.05, 3.63) is 36.3 Å². The van der Waals surface area contributed by atoms with Crippen molar-refractivity contribution >= 4 is 0 Å². The van der Waals surface area contributed by atoms with Crippen LogP contribution in [0, 0.1) is 0 Å². The maximum absolute atomic E-state index is 12.3. The molecule has 2 aliphatic heterocycles. The van der Waals surface area contributed by atoms with Gasteiger partial charge in [0.2, 0.25) is 0 Å². The predicted octanol–water partition coefficient (Wildman–Crippen LogP) is 3.53. The Labute approximate surface area is 160 Å². The largest absolute Gasteiger partial charge is 0.573 e. The van der Waals surface area contributed by atoms with E-state index in [1.165, 1.54) is 12.1 Å². The Morgan fingerprint density at radius 1 is 1.07 bits per heavy atom. The van der Waals surface area contributed by atoms with Crippen molar-refractivity contribution in [1.82, 2.24) is 14.9 Å². The van der Waals surface area contributed by atoms with Crippen LogP contribution in [0.3, 0.4) is 0 Å². The van der Waals surface area contributed by atoms with E-state index in [9.17, 15) is 13.2 Å². The summed E-state index contributed by atoms with van der Waals surface area (Å²) in [5.74, 6) is 0.555. The fourth-order valence-electron chi connectivity index (χ4n) is 3.80. The first-order chi connectivity index (χ1) is 13.5. The van der Waals surface area contributed by atoms with Crippen molar-refractivity contribution in [3.8, 4) is 17.0 Å². The summed E-state index contributed by atoms with van der Waals surface area (Å²) >= 11 is 0. The number of nitrogens with zero attached hydrogens (tertiary/aromatic N) is 2. The minimum Gasteiger partial charge on any atom is -0.406 e. The van der Waals surface area contributed by atoms with E-state index in [4.69, 9.17) is 9.47 Å². The molecule has 28 heavy (non-hydrogen) atoms. The lowest BCUT2D eigenvalue weighted by Gasteiger charge is -2.41. The Bertz CT molecular complexity index is 773. The van der Waals surface area contributed by atoms with Crippen LogP contribution < -0.4 is 4.74 Å². The van der Waals surface area contributed by atoms with E-state index in [1.54, 1.807) is 18.3 Å². The summed E-state index contributed by atoms with van der Waals surface area (Å²) in [6, 6.07) is 6.20. The lowest BCUT2D eigenvalue weighted by molar-refractivity contribution is -0.274. The average molecular weight is 397 g/mol. The minimum atomic E-state index is -4.70. The summed E-state index contributed by atoms with van der Waals surface area (Å²) in [4.78, 5) is 10.3. The number of rotatable bonds is 4. The number of benzene rings is 1. The fourth-order valence-corrected chi connectivity index (χ4v) is 3.80. The Hall–Kier alpha value is -2.10. The number of alkyl halides is 3. The summed E-state index contributed by atoms with van der Waals surface area (Å²) in [6.07, 6.45) is -1.02. The van der Waals surface area contributed by atoms with Crippen LogP contribution in [0.25, 0.3) is 11.3 Å². The Morgan fingerprint density at radius 2 is 1.82 bits per heavy atom. The molecule has 0 radical (unpaired) electrons. The first-order valence-electron chi connectivity index (χ1n) is 9.32. The molecule has 3 heterocycles. The van der Waals surface area contributed by atoms with Gasteiger partial charge in [0.05, 0.1) is 31.1 Å². The predicted molar refractivity (Wildman–Crippen MR) is 94.8 cm³/mol. The highest BCUT2D eigenvalue weighted by Crippen LogP contribution is 2.30. The van der Waals surface area contributed by atoms with Gasteiger partial charge >= 0.3 is 6.36 Å². The van der Waals surface area contributed by atoms with Crippen molar-refractivity contribution in [2.75, 3.05) is 33.0 Å². The second-order valence-corrected chi connectivity index (χ2v) is 6.93. The number of H-pyrrole nitrogens is 1. The molecule has 2 fully saturated rings. The third kappa shape index (κ3) is 4.48. The number of aromatic nitrogens is 2. The van der Waals surface area contributed by atoms with Crippen LogP contribution in [-0.4, -0.2) is 60.2 Å². The second kappa shape index (κ2) is 8.10. The smallest absolute Gasteiger partial charge is 0.406 e. The number of ether oxygens (including phenoxy) is 3. The van der Waals surface area contributed by atoms with Crippen LogP contribution >= 0.6 is 0 Å². The SMILES string of the molecule is FC(F)(F)Oc1ccc(-c2cnc([C@@H]3COCCN3C3CCOCC3)[nH]2)cc1. The standard InChI is InChI=1S/C19H22F3N3O3/c20-19(21,22)28-15-3-1-13(2-4-15)16-11-23-18(24-16)17-12-27-10-7-25(17)14-5-8-26-9-6-14/h1-4,11,14,17H,5-10,12H2,(H,23,24)/t17-/m0/s1. The van der Waals surface area contributed by atoms with Crippen LogP contribution in [0.2, 0.25) is 0 Å². The van der Waals surface area contributed by atoms with E-state index in [2.05, 4.69) is 19.6 Å². The minimum absolute atomic E-state index is 0.0263. The molecule has 6 nitrogen and oxygen atoms in total. The van der Waals surface area contributed by atoms with E-state index in [1.807, 2.05) is 0 Å². The van der Waals surface area contributed by atoms with Crippen LogP contribution in [0.1, 0.15) is 24.7 Å². The van der Waals surface area contributed by atoms with E-state index < -0.39 is 6.36 Å². The summed E-state index contributed by atoms with van der Waals surface area (Å²) in [7, 11) is 0. The maximum atomic E-state index is 12.3. The van der Waals surface area contributed by atoms with Gasteiger partial charge in [0, 0.05) is 25.8 Å². The van der Waals surface area contributed by atoms with Crippen LogP contribution in [0.15, 0.2) is 30.5 Å². The molecule has 1 aromatic carbocycles. The highest BCUT2D eigenvalue weighted by molar-refractivity contribution is 5.59. The quantitative estimate of drug-likeness (QED) is 0.856. The van der Waals surface area contributed by atoms with Gasteiger partial charge in [0.25, 0.3) is 0 Å². The summed E-state index contributed by atoms with van der Waals surface area (Å²) in [5, 5.41) is 0. The molecule has 4 rings (SSSR count). The van der Waals surface area contributed by atoms with Crippen molar-refractivity contribution in [3.63, 3.8) is 0 Å². The zero-order valence-corrected chi connectivity index (χ0v) is 15.2. The van der Waals surface area contributed by atoms with Gasteiger partial charge in [-0.15, -0.1) is 13.2 Å². The molecule has 1 atom stereocenters. The van der Waals surface area contributed by atoms with E-state index in [0.29, 0.717) is 19.3 Å². The van der Waals surface area contributed by atoms with E-state index in [-0.39, 0.29) is 11.8 Å². The Morgan fingerprint density at radius 3 is 2.54 bits per heavy atom. The number of morpholine rings is 1. The molecule has 2 aromatic rings. The van der Waals surface area contributed by atoms with Gasteiger partial charge < -0.3 is 19.2 Å². The third-order valence-corrected chi connectivity index (χ3v) is 5.14. The van der Waals surface area contributed by atoms with Gasteiger partial charge in [-0.2, -0.15) is 0 Å². The molecule has 2 saturated heterocycles. The Balaban J connectivity index is 1.49. The van der Waals surface area contributed by atoms with Gasteiger partial charge in [0.15, 0.2) is 0 Å². The zero-order valence-electron chi connectivity index (χ0n) is 15.2. The first-order valence-corrected chi connectivity index (χ1v) is 9.32. The molecule has 9 heteroatoms. The zero-order chi connectivity index (χ0) is 19.6. The average Bonchev–Trinajstić information content (AvgIpc) is 3.18. The van der Waals surface area contributed by atoms with Crippen LogP contribution in [0.4, 0.5) is 13.2 Å². The lowest BCUT2D eigenvalue weighted by atomic mass is 10.0. The topological polar surface area (TPSA) is 59.6 Å². The molecular weight excluding hydrogens is 375 g/mol. The number of hydrogen-bond donors (Lipinski definition) is 1. The van der Waals surface area contributed by atoms with Crippen LogP contribution in [0.5, 0.6) is 5.75 Å². The number of hydrogen-bond acceptors (Lipinski definition) is 5. The summed E-state index contributed by atoms with van der Waals surface area (Å²) in [5.41, 5.74) is 1.48. The van der Waals surface area contributed by atoms with Gasteiger partial charge in [-0.05, 0) is 42.7 Å². The summed E-state index contributed by atoms with van der Waals surface area (Å²) in [6.45, 7) is 3.63. The lowest BCUT2D eigenvalue weighted by Crippen LogP contribution is -2.48. The highest BCUT2D eigenvalue weighted by atomic mass is 19.4. The molecule has 2 aliphatic rings. The third-order valence-electron chi connectivity index (χ3n) is 5.14. The van der Waals surface area contributed by atoms with Gasteiger partial charge in [-0.25, -0.2) is 4.98 Å². The van der Waals surface area contributed by atoms with E-state index >= 15 is 0 Å². The molecule has 0 amide bonds. The molecular formula is C19H22F3N3O3. The van der Waals surface area contributed by atoms with Gasteiger partial charge in [0.1, 0.15) is 11.6 Å². The van der Waals surface area contributed by atoms with Crippen molar-refractivity contribution in [2.45, 2.75) is 31.3 Å². The second-order valence-electron chi connectivity index (χ2n) is 6.93. The summed E-state index contributed by atoms with van der Waals surface area (Å²) < 4.78 is 52.0. The highest BCUT2D eigenvalue weighted by Gasteiger charge is 2.33. The number of imidazole rings is 1. The number of aromatic amines is 1. The monoisotopic (exact) mass is 397 g/mol. The molecule has 1 N–H and O–H groups in total. The maximum Gasteiger partial charge on any atom is 0.573 e. The van der Waals surface area contributed by atoms with E-state index in [0.717, 1.165) is 49.7 Å². The molecule has 0 aliphatic carbocycles. The molecule has 1 aromatic heterocycles. The molecule has 152 valence electrons. The first kappa shape index (κ1) is 19.2. The van der Waals surface area contributed by atoms with Gasteiger partial charge in [-0.1, -0.05) is 0 Å². The molecule has 0 bridgehead atoms. The molecule has 0 spiro atoms. The van der Waals surface area contributed by atoms with Crippen molar-refractivity contribution in [1.29, 1.82) is 0 Å². The van der Waals surface area contributed by atoms with Gasteiger partial charge in [-0.3, -0.25) is 4.90 Å². The van der Waals surface area contributed by atoms with Crippen molar-refractivity contribution in [2.24, 2.45) is 0 Å². The molecule has 0 unspecified atom stereocenters. The Kier molecular flexibility index (Phi) is 5.56. The fraction of sp³-hybridized carbons (Fsp3) is 0.526. The normalized spacial score (nSPS) is 22.3. The number of halogens is 3. The molecule has 0 saturated carbocycles. The van der Waals surface area contributed by atoms with Crippen molar-refractivity contribution < 1.29 is 27.4 Å². The van der Waals surface area contributed by atoms with Crippen LogP contribution in [-0.2, 0) is 9.47 Å². The number of nitrogens with one attached hydrogen (secondary N) is 1.